The number of methoxy groups -OCH3 is 2. The van der Waals surface area contributed by atoms with Crippen molar-refractivity contribution in [3.63, 3.8) is 0 Å². The van der Waals surface area contributed by atoms with Gasteiger partial charge in [0.2, 0.25) is 0 Å². The van der Waals surface area contributed by atoms with E-state index in [0.717, 1.165) is 61.8 Å². The van der Waals surface area contributed by atoms with Crippen molar-refractivity contribution in [2.75, 3.05) is 58.5 Å². The van der Waals surface area contributed by atoms with Crippen molar-refractivity contribution < 1.29 is 19.0 Å². The Balaban J connectivity index is 1.38. The molecule has 33 heavy (non-hydrogen) atoms. The quantitative estimate of drug-likeness (QED) is 0.464. The third-order valence-corrected chi connectivity index (χ3v) is 6.25. The summed E-state index contributed by atoms with van der Waals surface area (Å²) in [4.78, 5) is 16.9. The number of carbonyl (C=O) groups excluding carboxylic acids is 1. The molecule has 0 atom stereocenters. The monoisotopic (exact) mass is 451 g/mol. The normalized spacial score (nSPS) is 14.5. The molecule has 0 unspecified atom stereocenters. The van der Waals surface area contributed by atoms with E-state index in [4.69, 9.17) is 14.2 Å². The zero-order chi connectivity index (χ0) is 23.2. The first-order valence-corrected chi connectivity index (χ1v) is 11.5. The van der Waals surface area contributed by atoms with Crippen LogP contribution in [0.4, 0.5) is 5.69 Å². The highest BCUT2D eigenvalue weighted by atomic mass is 16.5. The molecule has 0 N–H and O–H groups in total. The van der Waals surface area contributed by atoms with Crippen LogP contribution in [0.2, 0.25) is 0 Å². The molecular weight excluding hydrogens is 418 g/mol. The van der Waals surface area contributed by atoms with Gasteiger partial charge in [-0.1, -0.05) is 18.2 Å². The number of hydrogen-bond acceptors (Lipinski definition) is 6. The van der Waals surface area contributed by atoms with Gasteiger partial charge in [0, 0.05) is 73.7 Å². The van der Waals surface area contributed by atoms with Crippen LogP contribution in [-0.4, -0.2) is 69.0 Å². The number of piperazine rings is 1. The lowest BCUT2D eigenvalue weighted by Crippen LogP contribution is -2.47. The van der Waals surface area contributed by atoms with E-state index in [9.17, 15) is 4.79 Å². The molecule has 3 aromatic rings. The number of aromatic nitrogens is 1. The van der Waals surface area contributed by atoms with Gasteiger partial charge in [-0.3, -0.25) is 9.69 Å². The van der Waals surface area contributed by atoms with Crippen LogP contribution in [0, 0.1) is 0 Å². The van der Waals surface area contributed by atoms with Gasteiger partial charge in [0.1, 0.15) is 18.0 Å². The Kier molecular flexibility index (Phi) is 7.40. The number of benzene rings is 2. The van der Waals surface area contributed by atoms with E-state index in [0.29, 0.717) is 6.61 Å². The Hall–Kier alpha value is -3.19. The van der Waals surface area contributed by atoms with Gasteiger partial charge < -0.3 is 23.7 Å². The highest BCUT2D eigenvalue weighted by Crippen LogP contribution is 2.29. The second-order valence-electron chi connectivity index (χ2n) is 8.25. The Morgan fingerprint density at radius 2 is 1.67 bits per heavy atom. The summed E-state index contributed by atoms with van der Waals surface area (Å²) in [6, 6.07) is 14.3. The maximum atomic E-state index is 12.0. The van der Waals surface area contributed by atoms with E-state index in [1.165, 1.54) is 10.9 Å². The molecule has 176 valence electrons. The predicted molar refractivity (Wildman–Crippen MR) is 130 cm³/mol. The molecule has 0 bridgehead atoms. The summed E-state index contributed by atoms with van der Waals surface area (Å²) < 4.78 is 18.0. The van der Waals surface area contributed by atoms with E-state index in [-0.39, 0.29) is 12.5 Å². The number of para-hydroxylation sites is 1. The zero-order valence-corrected chi connectivity index (χ0v) is 19.8. The van der Waals surface area contributed by atoms with Crippen molar-refractivity contribution >= 4 is 22.6 Å². The molecule has 2 heterocycles. The Morgan fingerprint density at radius 3 is 2.33 bits per heavy atom. The van der Waals surface area contributed by atoms with E-state index < -0.39 is 0 Å². The van der Waals surface area contributed by atoms with Crippen LogP contribution in [0.15, 0.2) is 48.7 Å². The van der Waals surface area contributed by atoms with Crippen molar-refractivity contribution in [3.05, 3.63) is 54.2 Å². The number of fused-ring (bicyclic) bond motifs is 1. The number of nitrogens with zero attached hydrogens (tertiary/aromatic N) is 3. The molecule has 0 radical (unpaired) electrons. The van der Waals surface area contributed by atoms with Crippen LogP contribution < -0.4 is 14.4 Å². The molecule has 1 saturated heterocycles. The van der Waals surface area contributed by atoms with Gasteiger partial charge in [0.05, 0.1) is 20.8 Å². The topological polar surface area (TPSA) is 56.2 Å². The van der Waals surface area contributed by atoms with Gasteiger partial charge in [-0.2, -0.15) is 0 Å². The summed E-state index contributed by atoms with van der Waals surface area (Å²) >= 11 is 0. The average molecular weight is 452 g/mol. The zero-order valence-electron chi connectivity index (χ0n) is 19.8. The first kappa shape index (κ1) is 23.0. The fraction of sp³-hybridized carbons (Fsp3) is 0.423. The van der Waals surface area contributed by atoms with Gasteiger partial charge in [-0.05, 0) is 25.0 Å². The van der Waals surface area contributed by atoms with E-state index in [2.05, 4.69) is 46.3 Å². The molecule has 2 aromatic carbocycles. The lowest BCUT2D eigenvalue weighted by molar-refractivity contribution is -0.143. The molecule has 0 aliphatic carbocycles. The second-order valence-corrected chi connectivity index (χ2v) is 8.25. The minimum Gasteiger partial charge on any atom is -0.497 e. The van der Waals surface area contributed by atoms with Crippen molar-refractivity contribution in [1.29, 1.82) is 0 Å². The molecular formula is C26H33N3O4. The van der Waals surface area contributed by atoms with E-state index in [1.54, 1.807) is 14.2 Å². The number of anilines is 1. The largest absolute Gasteiger partial charge is 0.497 e. The third-order valence-electron chi connectivity index (χ3n) is 6.25. The molecule has 1 aliphatic heterocycles. The fourth-order valence-corrected chi connectivity index (χ4v) is 4.48. The fourth-order valence-electron chi connectivity index (χ4n) is 4.48. The molecule has 4 rings (SSSR count). The van der Waals surface area contributed by atoms with E-state index >= 15 is 0 Å². The van der Waals surface area contributed by atoms with Gasteiger partial charge in [0.25, 0.3) is 0 Å². The third kappa shape index (κ3) is 5.42. The smallest absolute Gasteiger partial charge is 0.325 e. The minimum atomic E-state index is -0.199. The van der Waals surface area contributed by atoms with Gasteiger partial charge in [-0.15, -0.1) is 0 Å². The average Bonchev–Trinajstić information content (AvgIpc) is 3.20. The van der Waals surface area contributed by atoms with Crippen molar-refractivity contribution in [2.45, 2.75) is 19.9 Å². The molecule has 0 amide bonds. The highest BCUT2D eigenvalue weighted by Gasteiger charge is 2.19. The Morgan fingerprint density at radius 1 is 0.970 bits per heavy atom. The molecule has 1 aliphatic rings. The first-order chi connectivity index (χ1) is 16.1. The van der Waals surface area contributed by atoms with Crippen LogP contribution in [0.3, 0.4) is 0 Å². The lowest BCUT2D eigenvalue weighted by Gasteiger charge is -2.36. The highest BCUT2D eigenvalue weighted by molar-refractivity contribution is 5.85. The summed E-state index contributed by atoms with van der Waals surface area (Å²) in [6.07, 6.45) is 3.06. The van der Waals surface area contributed by atoms with Gasteiger partial charge in [-0.25, -0.2) is 0 Å². The number of rotatable bonds is 9. The number of hydrogen-bond donors (Lipinski definition) is 0. The summed E-state index contributed by atoms with van der Waals surface area (Å²) in [6.45, 7) is 7.39. The number of ether oxygens (including phenoxy) is 3. The molecule has 7 heteroatoms. The number of carbonyl (C=O) groups is 1. The SMILES string of the molecule is CCOC(=O)Cn1cc(CCN2CCN(c3cc(OC)cc(OC)c3)CC2)c2ccccc21. The Labute approximate surface area is 195 Å². The molecule has 1 fully saturated rings. The lowest BCUT2D eigenvalue weighted by atomic mass is 10.1. The molecule has 7 nitrogen and oxygen atoms in total. The van der Waals surface area contributed by atoms with Crippen LogP contribution in [0.1, 0.15) is 12.5 Å². The van der Waals surface area contributed by atoms with Crippen molar-refractivity contribution in [3.8, 4) is 11.5 Å². The Bertz CT molecular complexity index is 1060. The van der Waals surface area contributed by atoms with Crippen LogP contribution in [0.25, 0.3) is 10.9 Å². The van der Waals surface area contributed by atoms with Crippen LogP contribution in [0.5, 0.6) is 11.5 Å². The summed E-state index contributed by atoms with van der Waals surface area (Å²) in [5.74, 6) is 1.42. The van der Waals surface area contributed by atoms with Crippen LogP contribution in [-0.2, 0) is 22.5 Å². The van der Waals surface area contributed by atoms with Crippen molar-refractivity contribution in [2.24, 2.45) is 0 Å². The summed E-state index contributed by atoms with van der Waals surface area (Å²) in [5.41, 5.74) is 3.49. The van der Waals surface area contributed by atoms with E-state index in [1.807, 2.05) is 23.6 Å². The molecule has 0 saturated carbocycles. The predicted octanol–water partition coefficient (Wildman–Crippen LogP) is 3.59. The maximum absolute atomic E-state index is 12.0. The minimum absolute atomic E-state index is 0.199. The van der Waals surface area contributed by atoms with Crippen molar-refractivity contribution in [1.82, 2.24) is 9.47 Å². The van der Waals surface area contributed by atoms with Crippen LogP contribution >= 0.6 is 0 Å². The van der Waals surface area contributed by atoms with Gasteiger partial charge in [0.15, 0.2) is 0 Å². The summed E-state index contributed by atoms with van der Waals surface area (Å²) in [7, 11) is 3.36. The maximum Gasteiger partial charge on any atom is 0.325 e. The summed E-state index contributed by atoms with van der Waals surface area (Å²) in [5, 5.41) is 1.21. The molecule has 1 aromatic heterocycles. The second kappa shape index (κ2) is 10.6. The number of esters is 1. The first-order valence-electron chi connectivity index (χ1n) is 11.5. The standard InChI is InChI=1S/C26H33N3O4/c1-4-33-26(30)19-29-18-20(24-7-5-6-8-25(24)29)9-10-27-11-13-28(14-12-27)21-15-22(31-2)17-23(16-21)32-3/h5-8,15-18H,4,9-14,19H2,1-3H3. The van der Waals surface area contributed by atoms with Gasteiger partial charge >= 0.3 is 5.97 Å². The molecule has 0 spiro atoms.